The molecular weight excluding hydrogens is 1180 g/mol. The molecule has 24 rings (SSSR count). The molecule has 0 saturated heterocycles. The average molecular weight is 1250 g/mol. The van der Waals surface area contributed by atoms with Gasteiger partial charge in [-0.05, 0) is 46.5 Å². The molecule has 6 aromatic rings. The van der Waals surface area contributed by atoms with Crippen LogP contribution in [0.15, 0.2) is 172 Å². The molecule has 92 heavy (non-hydrogen) atoms. The molecule has 2 fully saturated rings. The van der Waals surface area contributed by atoms with Crippen LogP contribution in [-0.4, -0.2) is 128 Å². The zero-order valence-electron chi connectivity index (χ0n) is 51.6. The second-order valence-corrected chi connectivity index (χ2v) is 21.9. The van der Waals surface area contributed by atoms with Crippen molar-refractivity contribution in [3.05, 3.63) is 226 Å². The highest BCUT2D eigenvalue weighted by Crippen LogP contribution is 2.43. The molecule has 16 bridgehead atoms. The van der Waals surface area contributed by atoms with Crippen molar-refractivity contribution >= 4 is 69.5 Å². The SMILES string of the molecule is C=CC(=O)Oc1cc2ccc1C1C(=O)C(=c3ccc(cc3OC(=O)C=C)=[N+](C)CCOCc3cccc(c3)COCCN(C)c3ccc(c(OC(=O)C=C)c3)C3C(=O)C(=c4ccc(cc4OC(=O)C=C)=[N+](C)CCOCc4cccc(c4)COCCN2C)C3=O)C1=O. The Balaban J connectivity index is 0.971. The molecule has 20 nitrogen and oxygen atoms in total. The van der Waals surface area contributed by atoms with Gasteiger partial charge in [-0.25, -0.2) is 28.3 Å². The lowest BCUT2D eigenvalue weighted by Crippen LogP contribution is -2.42. The highest BCUT2D eigenvalue weighted by Gasteiger charge is 2.49. The fourth-order valence-electron chi connectivity index (χ4n) is 10.6. The summed E-state index contributed by atoms with van der Waals surface area (Å²) in [6.45, 7) is 18.0. The lowest BCUT2D eigenvalue weighted by atomic mass is 9.71. The van der Waals surface area contributed by atoms with Crippen LogP contribution in [-0.2, 0) is 83.7 Å². The molecule has 0 atom stereocenters. The third kappa shape index (κ3) is 15.6. The van der Waals surface area contributed by atoms with Crippen LogP contribution in [0.1, 0.15) is 45.2 Å². The van der Waals surface area contributed by atoms with Crippen LogP contribution < -0.4 is 59.1 Å². The number of carbonyl (C=O) groups is 8. The Hall–Kier alpha value is -10.4. The number of rotatable bonds is 8. The summed E-state index contributed by atoms with van der Waals surface area (Å²) < 4.78 is 50.6. The first-order chi connectivity index (χ1) is 44.4. The average Bonchev–Trinajstić information content (AvgIpc) is 0.744. The molecule has 16 heterocycles. The quantitative estimate of drug-likeness (QED) is 0.0672. The number of benzene rings is 6. The second kappa shape index (κ2) is 30.4. The molecule has 18 aliphatic rings. The molecule has 2 aliphatic carbocycles. The van der Waals surface area contributed by atoms with Crippen molar-refractivity contribution < 1.29 is 76.3 Å². The molecular formula is C72H70N4O16+2. The van der Waals surface area contributed by atoms with Crippen LogP contribution in [0.3, 0.4) is 0 Å². The van der Waals surface area contributed by atoms with Crippen molar-refractivity contribution in [2.24, 2.45) is 0 Å². The van der Waals surface area contributed by atoms with Crippen LogP contribution in [0.5, 0.6) is 23.0 Å². The minimum absolute atomic E-state index is 0.00149. The van der Waals surface area contributed by atoms with Crippen molar-refractivity contribution in [2.75, 3.05) is 90.6 Å². The lowest BCUT2D eigenvalue weighted by molar-refractivity contribution is -0.132. The lowest BCUT2D eigenvalue weighted by Gasteiger charge is -2.29. The van der Waals surface area contributed by atoms with E-state index in [9.17, 15) is 38.4 Å². The van der Waals surface area contributed by atoms with Crippen molar-refractivity contribution in [3.63, 3.8) is 0 Å². The predicted octanol–water partition coefficient (Wildman–Crippen LogP) is 4.52. The summed E-state index contributed by atoms with van der Waals surface area (Å²) in [6.07, 6.45) is 3.92. The van der Waals surface area contributed by atoms with E-state index >= 15 is 0 Å². The van der Waals surface area contributed by atoms with E-state index < -0.39 is 58.8 Å². The zero-order chi connectivity index (χ0) is 65.6. The molecule has 0 spiro atoms. The maximum absolute atomic E-state index is 14.2. The van der Waals surface area contributed by atoms with Gasteiger partial charge >= 0.3 is 23.9 Å². The van der Waals surface area contributed by atoms with Gasteiger partial charge < -0.3 is 47.7 Å². The van der Waals surface area contributed by atoms with E-state index in [0.717, 1.165) is 46.6 Å². The Morgan fingerprint density at radius 1 is 0.435 bits per heavy atom. The summed E-state index contributed by atoms with van der Waals surface area (Å²) in [5, 5.41) is 1.43. The van der Waals surface area contributed by atoms with Crippen molar-refractivity contribution in [3.8, 4) is 23.0 Å². The summed E-state index contributed by atoms with van der Waals surface area (Å²) in [4.78, 5) is 111. The first kappa shape index (κ1) is 66.0. The van der Waals surface area contributed by atoms with E-state index in [1.807, 2.05) is 95.7 Å². The molecule has 0 amide bonds. The zero-order valence-corrected chi connectivity index (χ0v) is 51.6. The Labute approximate surface area is 531 Å². The number of anilines is 2. The Morgan fingerprint density at radius 2 is 0.761 bits per heavy atom. The van der Waals surface area contributed by atoms with Gasteiger partial charge in [0, 0.05) is 109 Å². The first-order valence-corrected chi connectivity index (χ1v) is 29.6. The highest BCUT2D eigenvalue weighted by molar-refractivity contribution is 6.60. The molecule has 16 aliphatic heterocycles. The summed E-state index contributed by atoms with van der Waals surface area (Å²) >= 11 is 0. The number of Topliss-reactive ketones (excluding diaryl/α,β-unsaturated/α-hetero) is 4. The van der Waals surface area contributed by atoms with Crippen molar-refractivity contribution in [1.82, 2.24) is 9.15 Å². The maximum Gasteiger partial charge on any atom is 0.335 e. The standard InChI is InChI=1S/C72H70N4O16/c1-9-61(77)89-57-37-49-19-23-53(57)65-69(81)66(70(65)82)54-24-20-50(38-58(54)90-62(78)10-2)74(6)28-32-86-43-47-17-14-18-48(36-47)44-88-34-30-76(8)52-22-26-56(60(40-52)92-64(80)12-4)68-71(83)67(72(68)84)55-25-21-51(39-59(55)91-63(79)11-3)75(7)29-33-87-42-46-16-13-15-45(35-46)41-85-31-27-73(49)5/h9-26,35-40,65,68H,1-4,27-34,41-44H2,5-8H3/q+2. The minimum atomic E-state index is -1.31. The van der Waals surface area contributed by atoms with Crippen LogP contribution in [0.2, 0.25) is 0 Å². The van der Waals surface area contributed by atoms with E-state index in [1.54, 1.807) is 72.8 Å². The third-order valence-corrected chi connectivity index (χ3v) is 15.7. The fraction of sp³-hybridized carbons (Fsp3) is 0.250. The van der Waals surface area contributed by atoms with Gasteiger partial charge in [0.2, 0.25) is 10.7 Å². The molecule has 472 valence electrons. The van der Waals surface area contributed by atoms with Gasteiger partial charge in [-0.1, -0.05) is 87.0 Å². The number of hydrogen-bond acceptors (Lipinski definition) is 18. The fourth-order valence-corrected chi connectivity index (χ4v) is 10.6. The summed E-state index contributed by atoms with van der Waals surface area (Å²) in [5.74, 6) is -8.09. The smallest absolute Gasteiger partial charge is 0.335 e. The summed E-state index contributed by atoms with van der Waals surface area (Å²) in [7, 11) is 7.27. The molecule has 0 N–H and O–H groups in total. The Kier molecular flexibility index (Phi) is 21.8. The predicted molar refractivity (Wildman–Crippen MR) is 342 cm³/mol. The molecule has 0 unspecified atom stereocenters. The topological polar surface area (TPSA) is 223 Å². The van der Waals surface area contributed by atoms with E-state index in [-0.39, 0.29) is 82.1 Å². The van der Waals surface area contributed by atoms with E-state index in [1.165, 1.54) is 0 Å². The van der Waals surface area contributed by atoms with Gasteiger partial charge in [-0.15, -0.1) is 0 Å². The van der Waals surface area contributed by atoms with Crippen LogP contribution >= 0.6 is 0 Å². The van der Waals surface area contributed by atoms with Crippen molar-refractivity contribution in [1.29, 1.82) is 0 Å². The number of ether oxygens (including phenoxy) is 8. The van der Waals surface area contributed by atoms with Gasteiger partial charge in [-0.3, -0.25) is 19.2 Å². The number of likely N-dealkylation sites (N-methyl/N-ethyl adjacent to an activating group) is 4. The van der Waals surface area contributed by atoms with Gasteiger partial charge in [0.05, 0.1) is 62.9 Å². The number of nitrogens with zero attached hydrogens (tertiary/aromatic N) is 4. The Morgan fingerprint density at radius 3 is 1.10 bits per heavy atom. The van der Waals surface area contributed by atoms with Gasteiger partial charge in [-0.2, -0.15) is 0 Å². The second-order valence-electron chi connectivity index (χ2n) is 21.9. The molecule has 2 saturated carbocycles. The van der Waals surface area contributed by atoms with Crippen LogP contribution in [0.4, 0.5) is 11.4 Å². The maximum atomic E-state index is 14.2. The van der Waals surface area contributed by atoms with Gasteiger partial charge in [0.1, 0.15) is 62.1 Å². The molecule has 0 aromatic heterocycles. The monoisotopic (exact) mass is 1250 g/mol. The molecule has 20 heteroatoms. The third-order valence-electron chi connectivity index (χ3n) is 15.7. The van der Waals surface area contributed by atoms with Gasteiger partial charge in [0.15, 0.2) is 36.2 Å². The summed E-state index contributed by atoms with van der Waals surface area (Å²) in [5.41, 5.74) is 4.83. The minimum Gasteiger partial charge on any atom is -0.423 e. The number of esters is 4. The molecule has 0 radical (unpaired) electrons. The normalized spacial score (nSPS) is 17.2. The summed E-state index contributed by atoms with van der Waals surface area (Å²) in [6, 6.07) is 34.9. The highest BCUT2D eigenvalue weighted by atomic mass is 16.5. The largest absolute Gasteiger partial charge is 0.423 e. The van der Waals surface area contributed by atoms with Crippen LogP contribution in [0, 0.1) is 0 Å². The van der Waals surface area contributed by atoms with E-state index in [0.29, 0.717) is 74.7 Å². The molecule has 6 aromatic carbocycles. The Bertz CT molecular complexity index is 3960. The van der Waals surface area contributed by atoms with E-state index in [4.69, 9.17) is 37.9 Å². The number of hydrogen-bond donors (Lipinski definition) is 0. The number of carbonyl (C=O) groups excluding carboxylic acids is 8. The number of ketones is 4. The first-order valence-electron chi connectivity index (χ1n) is 29.6. The van der Waals surface area contributed by atoms with Gasteiger partial charge in [0.25, 0.3) is 0 Å². The van der Waals surface area contributed by atoms with E-state index in [2.05, 4.69) is 26.3 Å². The van der Waals surface area contributed by atoms with Crippen LogP contribution in [0.25, 0.3) is 11.1 Å². The van der Waals surface area contributed by atoms with Crippen molar-refractivity contribution in [2.45, 2.75) is 38.3 Å².